The van der Waals surface area contributed by atoms with Gasteiger partial charge in [-0.05, 0) is 131 Å². The van der Waals surface area contributed by atoms with E-state index < -0.39 is 163 Å². The van der Waals surface area contributed by atoms with Gasteiger partial charge in [-0.1, -0.05) is 164 Å². The van der Waals surface area contributed by atoms with Crippen molar-refractivity contribution in [3.05, 3.63) is 96.7 Å². The molecule has 3 aliphatic heterocycles. The zero-order valence-corrected chi connectivity index (χ0v) is 59.4. The number of carboxylic acid groups (broad SMARTS) is 1. The van der Waals surface area contributed by atoms with Crippen LogP contribution >= 0.6 is 0 Å². The molecule has 3 heterocycles. The second kappa shape index (κ2) is 37.4. The lowest BCUT2D eigenvalue weighted by molar-refractivity contribution is -0.308. The Kier molecular flexibility index (Phi) is 31.6. The first-order chi connectivity index (χ1) is 45.6. The molecule has 0 spiro atoms. The van der Waals surface area contributed by atoms with Crippen molar-refractivity contribution >= 4 is 22.3 Å². The summed E-state index contributed by atoms with van der Waals surface area (Å²) in [7, 11) is -4.38. The van der Waals surface area contributed by atoms with Crippen LogP contribution in [0.4, 0.5) is 0 Å². The van der Waals surface area contributed by atoms with E-state index in [1.807, 2.05) is 19.1 Å². The van der Waals surface area contributed by atoms with Gasteiger partial charge in [-0.25, -0.2) is 4.18 Å². The average Bonchev–Trinajstić information content (AvgIpc) is 1.68. The fourth-order valence-electron chi connectivity index (χ4n) is 16.9. The van der Waals surface area contributed by atoms with Crippen LogP contribution in [0.5, 0.6) is 0 Å². The van der Waals surface area contributed by atoms with Gasteiger partial charge in [0, 0.05) is 37.5 Å². The number of carbonyl (C=O) groups excluding carboxylic acids is 1. The SMILES string of the molecule is CC(C)CCC[C@@H](C)[C@H]1CC[C@H]2[C@@H]3CC=C4C[C@@H](OS(=O)(=O)O)CC[C@]4(C)[C@H]3CC[C@]12C.C[C@@H]1[C@H](O)[C@@H](C)C=CC=CC=CC=CC=CC=CC=C[C@H](O[C@@H]2O[C@H](C)[C@@H](O)[C@H](N)[C@@H]2O)C[C@@H]2O[C@](O)(C[C@@H](O)C[C@@H](O)[C@H](O)CC[C@@H](O)C[C@@H](O)CC(=O)O[C@H]1C)C[C@H](O)[C@H]2C(=O)O. The Morgan fingerprint density at radius 3 is 1.93 bits per heavy atom. The van der Waals surface area contributed by atoms with Crippen LogP contribution in [0, 0.1) is 64.1 Å². The van der Waals surface area contributed by atoms with Gasteiger partial charge in [0.15, 0.2) is 12.1 Å². The first kappa shape index (κ1) is 82.1. The Morgan fingerprint density at radius 2 is 1.31 bits per heavy atom. The number of carboxylic acids is 1. The van der Waals surface area contributed by atoms with E-state index >= 15 is 0 Å². The highest BCUT2D eigenvalue weighted by Crippen LogP contribution is 2.67. The Morgan fingerprint density at radius 1 is 0.680 bits per heavy atom. The van der Waals surface area contributed by atoms with E-state index in [0.29, 0.717) is 24.2 Å². The normalized spacial score (nSPS) is 42.3. The molecule has 2 saturated heterocycles. The average molecular weight is 1390 g/mol. The van der Waals surface area contributed by atoms with Gasteiger partial charge in [-0.15, -0.1) is 0 Å². The summed E-state index contributed by atoms with van der Waals surface area (Å²) in [4.78, 5) is 25.1. The molecular weight excluding hydrogens is 1270 g/mol. The van der Waals surface area contributed by atoms with Crippen LogP contribution in [0.15, 0.2) is 96.7 Å². The molecule has 14 N–H and O–H groups in total. The Hall–Kier alpha value is -3.83. The zero-order chi connectivity index (χ0) is 71.7. The summed E-state index contributed by atoms with van der Waals surface area (Å²) in [6.07, 6.45) is 18.5. The summed E-state index contributed by atoms with van der Waals surface area (Å²) in [6, 6.07) is -1.15. The van der Waals surface area contributed by atoms with Gasteiger partial charge in [0.05, 0.1) is 85.7 Å². The summed E-state index contributed by atoms with van der Waals surface area (Å²) in [5.41, 5.74) is 8.07. The summed E-state index contributed by atoms with van der Waals surface area (Å²) in [5, 5.41) is 118. The predicted octanol–water partition coefficient (Wildman–Crippen LogP) is 7.93. The molecule has 4 aliphatic carbocycles. The molecule has 7 rings (SSSR count). The summed E-state index contributed by atoms with van der Waals surface area (Å²) < 4.78 is 59.7. The Bertz CT molecular complexity index is 2840. The minimum atomic E-state index is -4.38. The van der Waals surface area contributed by atoms with Crippen LogP contribution in [-0.2, 0) is 43.1 Å². The second-order valence-electron chi connectivity index (χ2n) is 30.2. The minimum absolute atomic E-state index is 0.107. The first-order valence-electron chi connectivity index (χ1n) is 35.6. The summed E-state index contributed by atoms with van der Waals surface area (Å²) in [6.45, 7) is 19.0. The molecule has 0 unspecified atom stereocenters. The molecule has 552 valence electrons. The van der Waals surface area contributed by atoms with Gasteiger partial charge in [-0.3, -0.25) is 14.1 Å². The summed E-state index contributed by atoms with van der Waals surface area (Å²) >= 11 is 0. The molecular formula is C74H119NO21S. The molecule has 23 heteroatoms. The highest BCUT2D eigenvalue weighted by molar-refractivity contribution is 7.80. The minimum Gasteiger partial charge on any atom is -0.481 e. The van der Waals surface area contributed by atoms with Crippen molar-refractivity contribution in [2.24, 2.45) is 69.8 Å². The fourth-order valence-corrected chi connectivity index (χ4v) is 17.4. The van der Waals surface area contributed by atoms with E-state index in [4.69, 9.17) is 33.4 Å². The number of ether oxygens (including phenoxy) is 4. The van der Waals surface area contributed by atoms with E-state index in [1.54, 1.807) is 80.7 Å². The van der Waals surface area contributed by atoms with E-state index in [1.165, 1.54) is 63.5 Å². The second-order valence-corrected chi connectivity index (χ2v) is 31.3. The maximum absolute atomic E-state index is 12.6. The van der Waals surface area contributed by atoms with E-state index in [9.17, 15) is 74.2 Å². The van der Waals surface area contributed by atoms with Crippen LogP contribution in [0.3, 0.4) is 0 Å². The van der Waals surface area contributed by atoms with Gasteiger partial charge in [0.2, 0.25) is 0 Å². The third-order valence-electron chi connectivity index (χ3n) is 22.5. The number of allylic oxidation sites excluding steroid dienone is 13. The van der Waals surface area contributed by atoms with Crippen molar-refractivity contribution in [3.63, 3.8) is 0 Å². The zero-order valence-electron chi connectivity index (χ0n) is 58.6. The molecule has 97 heavy (non-hydrogen) atoms. The molecule has 0 aromatic heterocycles. The van der Waals surface area contributed by atoms with Crippen LogP contribution in [0.2, 0.25) is 0 Å². The van der Waals surface area contributed by atoms with Gasteiger partial charge < -0.3 is 80.9 Å². The number of aliphatic hydroxyl groups is 10. The molecule has 3 saturated carbocycles. The number of esters is 1. The lowest BCUT2D eigenvalue weighted by Crippen LogP contribution is -2.61. The van der Waals surface area contributed by atoms with Crippen molar-refractivity contribution in [3.8, 4) is 0 Å². The van der Waals surface area contributed by atoms with E-state index in [-0.39, 0.29) is 37.0 Å². The van der Waals surface area contributed by atoms with Crippen LogP contribution in [-0.4, -0.2) is 185 Å². The van der Waals surface area contributed by atoms with E-state index in [0.717, 1.165) is 42.4 Å². The topological polar surface area (TPSA) is 383 Å². The van der Waals surface area contributed by atoms with Gasteiger partial charge in [0.25, 0.3) is 0 Å². The number of aliphatic carboxylic acids is 1. The van der Waals surface area contributed by atoms with Crippen molar-refractivity contribution in [2.45, 2.75) is 288 Å². The molecule has 2 bridgehead atoms. The quantitative estimate of drug-likeness (QED) is 0.0561. The van der Waals surface area contributed by atoms with Crippen molar-refractivity contribution in [1.29, 1.82) is 0 Å². The van der Waals surface area contributed by atoms with Crippen molar-refractivity contribution in [2.75, 3.05) is 0 Å². The standard InChI is InChI=1S/C47H73NO17.C27H46O4S/c1-27-17-15-13-11-9-7-5-6-8-10-12-14-16-18-34(64-46-44(58)41(48)43(57)30(4)63-46)24-38-40(45(59)60)37(54)26-47(61,65-38)25-33(51)22-36(53)35(52)20-19-31(49)21-32(50)23-39(55)62-29(3)28(2)42(27)56;1-18(2)7-6-8-19(3)23-11-12-24-22-10-9-20-17-21(31-32(28,29)30)13-15-26(20,4)25(22)14-16-27(23,24)5/h5-18,27-38,40-44,46,49-54,56-58,61H,19-26,48H2,1-4H3,(H,59,60);9,18-19,21-25H,6-8,10-17H2,1-5H3,(H,28,29,30)/t27-,28-,29-,30+,31+,32+,33-,34-,35+,36+,37-,38-,40+,41-,42+,43+,44-,46-,47+;19-,21+,22+,23-,24+,25+,26+,27-/m01/s1. The first-order valence-corrected chi connectivity index (χ1v) is 37.0. The molecule has 7 aliphatic rings. The van der Waals surface area contributed by atoms with Gasteiger partial charge in [0.1, 0.15) is 18.1 Å². The maximum Gasteiger partial charge on any atom is 0.397 e. The van der Waals surface area contributed by atoms with Crippen LogP contribution in [0.1, 0.15) is 184 Å². The van der Waals surface area contributed by atoms with Gasteiger partial charge >= 0.3 is 22.3 Å². The van der Waals surface area contributed by atoms with Crippen molar-refractivity contribution in [1.82, 2.24) is 0 Å². The number of hydrogen-bond acceptors (Lipinski definition) is 20. The Labute approximate surface area is 576 Å². The number of cyclic esters (lactones) is 1. The molecule has 22 nitrogen and oxygen atoms in total. The number of nitrogens with two attached hydrogens (primary N) is 1. The van der Waals surface area contributed by atoms with Crippen LogP contribution in [0.25, 0.3) is 0 Å². The summed E-state index contributed by atoms with van der Waals surface area (Å²) in [5.74, 6) is -1.99. The highest BCUT2D eigenvalue weighted by atomic mass is 32.3. The number of fused-ring (bicyclic) bond motifs is 7. The monoisotopic (exact) mass is 1390 g/mol. The predicted molar refractivity (Wildman–Crippen MR) is 366 cm³/mol. The Balaban J connectivity index is 0.000000384. The number of aliphatic hydroxyl groups excluding tert-OH is 9. The molecule has 0 amide bonds. The van der Waals surface area contributed by atoms with Crippen LogP contribution < -0.4 is 5.73 Å². The number of carbonyl (C=O) groups is 2. The third-order valence-corrected chi connectivity index (χ3v) is 23.1. The third kappa shape index (κ3) is 23.6. The van der Waals surface area contributed by atoms with E-state index in [2.05, 4.69) is 40.7 Å². The largest absolute Gasteiger partial charge is 0.481 e. The van der Waals surface area contributed by atoms with Crippen molar-refractivity contribution < 1.29 is 102 Å². The highest BCUT2D eigenvalue weighted by Gasteiger charge is 2.60. The lowest BCUT2D eigenvalue weighted by atomic mass is 9.47. The molecule has 0 aromatic rings. The molecule has 0 radical (unpaired) electrons. The maximum atomic E-state index is 12.6. The smallest absolute Gasteiger partial charge is 0.397 e. The molecule has 5 fully saturated rings. The molecule has 0 aromatic carbocycles. The lowest BCUT2D eigenvalue weighted by Gasteiger charge is -2.58. The fraction of sp³-hybridized carbons (Fsp3) is 0.757. The number of hydrogen-bond donors (Lipinski definition) is 13. The number of rotatable bonds is 10. The molecule has 27 atom stereocenters. The van der Waals surface area contributed by atoms with Gasteiger partial charge in [-0.2, -0.15) is 8.42 Å².